The van der Waals surface area contributed by atoms with E-state index in [4.69, 9.17) is 0 Å². The van der Waals surface area contributed by atoms with Crippen LogP contribution in [0.2, 0.25) is 0 Å². The first kappa shape index (κ1) is 19.6. The highest BCUT2D eigenvalue weighted by Gasteiger charge is 2.45. The summed E-state index contributed by atoms with van der Waals surface area (Å²) in [5.74, 6) is 1.71. The zero-order chi connectivity index (χ0) is 17.6. The van der Waals surface area contributed by atoms with Gasteiger partial charge >= 0.3 is 6.03 Å². The van der Waals surface area contributed by atoms with Crippen LogP contribution in [0.25, 0.3) is 0 Å². The molecule has 0 spiro atoms. The van der Waals surface area contributed by atoms with Crippen molar-refractivity contribution in [3.05, 3.63) is 0 Å². The molecule has 2 aliphatic rings. The van der Waals surface area contributed by atoms with Gasteiger partial charge in [-0.2, -0.15) is 0 Å². The Morgan fingerprint density at radius 2 is 1.79 bits per heavy atom. The average molecular weight is 339 g/mol. The van der Waals surface area contributed by atoms with E-state index >= 15 is 0 Å². The third-order valence-electron chi connectivity index (χ3n) is 5.87. The van der Waals surface area contributed by atoms with Crippen molar-refractivity contribution in [1.82, 2.24) is 10.6 Å². The number of unbranched alkanes of at least 4 members (excludes halogenated alkanes) is 4. The zero-order valence-electron chi connectivity index (χ0n) is 16.0. The van der Waals surface area contributed by atoms with Crippen LogP contribution >= 0.6 is 0 Å². The van der Waals surface area contributed by atoms with E-state index in [0.717, 1.165) is 56.9 Å². The van der Waals surface area contributed by atoms with Crippen LogP contribution in [-0.2, 0) is 0 Å². The molecule has 2 atom stereocenters. The third kappa shape index (κ3) is 7.00. The number of hydrogen-bond donors (Lipinski definition) is 3. The van der Waals surface area contributed by atoms with E-state index in [9.17, 15) is 9.90 Å². The Labute approximate surface area is 148 Å². The predicted molar refractivity (Wildman–Crippen MR) is 99.0 cm³/mol. The molecule has 2 aliphatic carbocycles. The quantitative estimate of drug-likeness (QED) is 0.490. The molecule has 2 fully saturated rings. The lowest BCUT2D eigenvalue weighted by molar-refractivity contribution is 0.0680. The molecule has 0 aromatic carbocycles. The minimum atomic E-state index is -0.532. The predicted octanol–water partition coefficient (Wildman–Crippen LogP) is 4.37. The van der Waals surface area contributed by atoms with Crippen molar-refractivity contribution >= 4 is 6.03 Å². The summed E-state index contributed by atoms with van der Waals surface area (Å²) in [5, 5.41) is 16.0. The molecule has 2 saturated carbocycles. The monoisotopic (exact) mass is 338 g/mol. The van der Waals surface area contributed by atoms with Gasteiger partial charge in [0.15, 0.2) is 0 Å². The Balaban J connectivity index is 1.48. The number of nitrogens with one attached hydrogen (secondary N) is 2. The number of rotatable bonds is 11. The molecule has 2 amide bonds. The highest BCUT2D eigenvalue weighted by Crippen LogP contribution is 2.48. The minimum absolute atomic E-state index is 0.0324. The van der Waals surface area contributed by atoms with Crippen molar-refractivity contribution in [3.8, 4) is 0 Å². The number of carbonyl (C=O) groups is 1. The van der Waals surface area contributed by atoms with E-state index in [0.29, 0.717) is 0 Å². The molecule has 140 valence electrons. The van der Waals surface area contributed by atoms with Crippen molar-refractivity contribution in [2.45, 2.75) is 103 Å². The van der Waals surface area contributed by atoms with Crippen LogP contribution in [0.3, 0.4) is 0 Å². The summed E-state index contributed by atoms with van der Waals surface area (Å²) in [6.07, 6.45) is 12.6. The third-order valence-corrected chi connectivity index (χ3v) is 5.87. The smallest absolute Gasteiger partial charge is 0.315 e. The van der Waals surface area contributed by atoms with Crippen LogP contribution in [0, 0.1) is 11.8 Å². The molecule has 4 nitrogen and oxygen atoms in total. The van der Waals surface area contributed by atoms with Gasteiger partial charge in [-0.05, 0) is 70.6 Å². The van der Waals surface area contributed by atoms with Crippen molar-refractivity contribution in [1.29, 1.82) is 0 Å². The maximum Gasteiger partial charge on any atom is 0.315 e. The van der Waals surface area contributed by atoms with E-state index in [1.54, 1.807) is 0 Å². The molecule has 3 N–H and O–H groups in total. The molecule has 0 radical (unpaired) electrons. The number of carbonyl (C=O) groups excluding carboxylic acids is 1. The standard InChI is InChI=1S/C20H38N2O2/c1-16-14-17(16)15-20(11-9-12-20)22-18(23)21-13-8-6-4-5-7-10-19(2,3)24/h16-17,24H,4-15H2,1-3H3,(H2,21,22,23)/t16-,17?/m0/s1. The van der Waals surface area contributed by atoms with E-state index < -0.39 is 5.60 Å². The Kier molecular flexibility index (Phi) is 6.97. The summed E-state index contributed by atoms with van der Waals surface area (Å²) in [6, 6.07) is 0.0324. The van der Waals surface area contributed by atoms with Gasteiger partial charge in [0.2, 0.25) is 0 Å². The van der Waals surface area contributed by atoms with Gasteiger partial charge in [0, 0.05) is 12.1 Å². The first-order chi connectivity index (χ1) is 11.3. The Hall–Kier alpha value is -0.770. The summed E-state index contributed by atoms with van der Waals surface area (Å²) in [5.41, 5.74) is -0.425. The Morgan fingerprint density at radius 3 is 2.33 bits per heavy atom. The topological polar surface area (TPSA) is 61.4 Å². The molecule has 1 unspecified atom stereocenters. The summed E-state index contributed by atoms with van der Waals surface area (Å²) in [6.45, 7) is 6.83. The first-order valence-electron chi connectivity index (χ1n) is 10.1. The van der Waals surface area contributed by atoms with E-state index in [2.05, 4.69) is 17.6 Å². The van der Waals surface area contributed by atoms with Gasteiger partial charge in [0.05, 0.1) is 5.60 Å². The highest BCUT2D eigenvalue weighted by atomic mass is 16.3. The fourth-order valence-electron chi connectivity index (χ4n) is 3.87. The number of hydrogen-bond acceptors (Lipinski definition) is 2. The lowest BCUT2D eigenvalue weighted by atomic mass is 9.73. The largest absolute Gasteiger partial charge is 0.390 e. The molecule has 24 heavy (non-hydrogen) atoms. The van der Waals surface area contributed by atoms with Gasteiger partial charge in [0.25, 0.3) is 0 Å². The van der Waals surface area contributed by atoms with Crippen molar-refractivity contribution in [2.75, 3.05) is 6.54 Å². The second kappa shape index (κ2) is 8.55. The van der Waals surface area contributed by atoms with E-state index in [-0.39, 0.29) is 11.6 Å². The van der Waals surface area contributed by atoms with Crippen LogP contribution in [0.15, 0.2) is 0 Å². The second-order valence-electron chi connectivity index (χ2n) is 9.02. The summed E-state index contributed by atoms with van der Waals surface area (Å²) >= 11 is 0. The van der Waals surface area contributed by atoms with Gasteiger partial charge in [-0.15, -0.1) is 0 Å². The van der Waals surface area contributed by atoms with Crippen molar-refractivity contribution in [2.24, 2.45) is 11.8 Å². The van der Waals surface area contributed by atoms with Gasteiger partial charge < -0.3 is 15.7 Å². The lowest BCUT2D eigenvalue weighted by Crippen LogP contribution is -2.56. The fraction of sp³-hybridized carbons (Fsp3) is 0.950. The maximum atomic E-state index is 12.1. The molecule has 0 heterocycles. The summed E-state index contributed by atoms with van der Waals surface area (Å²) < 4.78 is 0. The molecule has 2 rings (SSSR count). The van der Waals surface area contributed by atoms with Crippen LogP contribution in [0.1, 0.15) is 91.4 Å². The van der Waals surface area contributed by atoms with Gasteiger partial charge in [-0.3, -0.25) is 0 Å². The van der Waals surface area contributed by atoms with Gasteiger partial charge in [0.1, 0.15) is 0 Å². The van der Waals surface area contributed by atoms with Crippen LogP contribution in [-0.4, -0.2) is 28.8 Å². The molecular weight excluding hydrogens is 300 g/mol. The van der Waals surface area contributed by atoms with E-state index in [1.807, 2.05) is 13.8 Å². The highest BCUT2D eigenvalue weighted by molar-refractivity contribution is 5.74. The van der Waals surface area contributed by atoms with Crippen molar-refractivity contribution in [3.63, 3.8) is 0 Å². The normalized spacial score (nSPS) is 25.0. The zero-order valence-corrected chi connectivity index (χ0v) is 16.0. The van der Waals surface area contributed by atoms with Crippen LogP contribution in [0.5, 0.6) is 0 Å². The molecule has 0 saturated heterocycles. The van der Waals surface area contributed by atoms with Gasteiger partial charge in [-0.1, -0.05) is 32.6 Å². The SMILES string of the molecule is C[C@H]1CC1CC1(NC(=O)NCCCCCCCC(C)(C)O)CCC1. The molecule has 4 heteroatoms. The van der Waals surface area contributed by atoms with E-state index in [1.165, 1.54) is 32.1 Å². The van der Waals surface area contributed by atoms with Crippen molar-refractivity contribution < 1.29 is 9.90 Å². The lowest BCUT2D eigenvalue weighted by Gasteiger charge is -2.43. The molecule has 0 aliphatic heterocycles. The maximum absolute atomic E-state index is 12.1. The number of urea groups is 1. The number of amides is 2. The van der Waals surface area contributed by atoms with Crippen LogP contribution < -0.4 is 10.6 Å². The fourth-order valence-corrected chi connectivity index (χ4v) is 3.87. The van der Waals surface area contributed by atoms with Gasteiger partial charge in [-0.25, -0.2) is 4.79 Å². The molecular formula is C20H38N2O2. The Bertz CT molecular complexity index is 399. The molecule has 0 bridgehead atoms. The summed E-state index contributed by atoms with van der Waals surface area (Å²) in [4.78, 5) is 12.1. The number of aliphatic hydroxyl groups is 1. The molecule has 0 aromatic heterocycles. The average Bonchev–Trinajstić information content (AvgIpc) is 3.13. The summed E-state index contributed by atoms with van der Waals surface area (Å²) in [7, 11) is 0. The van der Waals surface area contributed by atoms with Crippen LogP contribution in [0.4, 0.5) is 4.79 Å². The first-order valence-corrected chi connectivity index (χ1v) is 10.1. The Morgan fingerprint density at radius 1 is 1.17 bits per heavy atom. The second-order valence-corrected chi connectivity index (χ2v) is 9.02. The minimum Gasteiger partial charge on any atom is -0.390 e. The molecule has 0 aromatic rings.